The molecule has 0 saturated carbocycles. The van der Waals surface area contributed by atoms with Crippen molar-refractivity contribution in [2.24, 2.45) is 0 Å². The second-order valence-corrected chi connectivity index (χ2v) is 6.76. The standard InChI is InChI=1S/C16H18BrN3O/c17-13-5-10-3-4-21-16(10)12(6-13)8-18-14-1-2-15-11(7-14)9-19-20-15/h5-6,9,14,18H,1-4,7-8H2,(H,19,20). The summed E-state index contributed by atoms with van der Waals surface area (Å²) in [5.74, 6) is 1.09. The maximum Gasteiger partial charge on any atom is 0.127 e. The topological polar surface area (TPSA) is 49.9 Å². The van der Waals surface area contributed by atoms with Crippen molar-refractivity contribution in [1.29, 1.82) is 0 Å². The van der Waals surface area contributed by atoms with Gasteiger partial charge in [-0.1, -0.05) is 15.9 Å². The molecule has 21 heavy (non-hydrogen) atoms. The summed E-state index contributed by atoms with van der Waals surface area (Å²) in [6.45, 7) is 1.67. The van der Waals surface area contributed by atoms with Gasteiger partial charge in [-0.15, -0.1) is 0 Å². The van der Waals surface area contributed by atoms with E-state index in [-0.39, 0.29) is 0 Å². The van der Waals surface area contributed by atoms with Gasteiger partial charge in [0, 0.05) is 34.7 Å². The molecule has 0 amide bonds. The molecule has 4 nitrogen and oxygen atoms in total. The molecule has 1 unspecified atom stereocenters. The van der Waals surface area contributed by atoms with E-state index in [1.165, 1.54) is 22.4 Å². The van der Waals surface area contributed by atoms with Crippen LogP contribution >= 0.6 is 15.9 Å². The van der Waals surface area contributed by atoms with Crippen molar-refractivity contribution in [2.75, 3.05) is 6.61 Å². The Morgan fingerprint density at radius 3 is 3.24 bits per heavy atom. The van der Waals surface area contributed by atoms with Crippen LogP contribution in [-0.4, -0.2) is 22.8 Å². The van der Waals surface area contributed by atoms with Gasteiger partial charge in [-0.3, -0.25) is 5.10 Å². The minimum atomic E-state index is 0.520. The molecule has 4 rings (SSSR count). The summed E-state index contributed by atoms with van der Waals surface area (Å²) >= 11 is 3.60. The first kappa shape index (κ1) is 13.3. The van der Waals surface area contributed by atoms with E-state index in [2.05, 4.69) is 43.6 Å². The van der Waals surface area contributed by atoms with E-state index in [1.807, 2.05) is 6.20 Å². The first-order chi connectivity index (χ1) is 10.3. The predicted molar refractivity (Wildman–Crippen MR) is 84.6 cm³/mol. The maximum atomic E-state index is 5.79. The minimum Gasteiger partial charge on any atom is -0.493 e. The highest BCUT2D eigenvalue weighted by molar-refractivity contribution is 9.10. The van der Waals surface area contributed by atoms with Crippen molar-refractivity contribution in [3.05, 3.63) is 45.2 Å². The molecule has 1 atom stereocenters. The molecule has 0 fully saturated rings. The third kappa shape index (κ3) is 2.60. The summed E-state index contributed by atoms with van der Waals surface area (Å²) in [5.41, 5.74) is 5.24. The van der Waals surface area contributed by atoms with Gasteiger partial charge in [0.05, 0.1) is 12.8 Å². The summed E-state index contributed by atoms with van der Waals surface area (Å²) in [6, 6.07) is 4.86. The van der Waals surface area contributed by atoms with Crippen molar-refractivity contribution in [3.8, 4) is 5.75 Å². The average Bonchev–Trinajstić information content (AvgIpc) is 3.12. The summed E-state index contributed by atoms with van der Waals surface area (Å²) in [6.07, 6.45) is 6.28. The van der Waals surface area contributed by atoms with Crippen LogP contribution in [0.15, 0.2) is 22.8 Å². The van der Waals surface area contributed by atoms with E-state index in [0.717, 1.165) is 49.1 Å². The largest absolute Gasteiger partial charge is 0.493 e. The lowest BCUT2D eigenvalue weighted by molar-refractivity contribution is 0.350. The van der Waals surface area contributed by atoms with Crippen LogP contribution in [0.25, 0.3) is 0 Å². The zero-order valence-electron chi connectivity index (χ0n) is 11.8. The molecular weight excluding hydrogens is 330 g/mol. The molecule has 2 heterocycles. The summed E-state index contributed by atoms with van der Waals surface area (Å²) in [7, 11) is 0. The van der Waals surface area contributed by atoms with Gasteiger partial charge in [0.1, 0.15) is 5.75 Å². The van der Waals surface area contributed by atoms with Crippen molar-refractivity contribution < 1.29 is 4.74 Å². The first-order valence-electron chi connectivity index (χ1n) is 7.48. The van der Waals surface area contributed by atoms with Crippen LogP contribution < -0.4 is 10.1 Å². The molecule has 2 aliphatic rings. The van der Waals surface area contributed by atoms with Crippen molar-refractivity contribution >= 4 is 15.9 Å². The fourth-order valence-corrected chi connectivity index (χ4v) is 3.87. The monoisotopic (exact) mass is 347 g/mol. The Labute approximate surface area is 132 Å². The van der Waals surface area contributed by atoms with E-state index < -0.39 is 0 Å². The Hall–Kier alpha value is -1.33. The molecule has 0 saturated heterocycles. The molecule has 1 aliphatic carbocycles. The Kier molecular flexibility index (Phi) is 3.47. The van der Waals surface area contributed by atoms with E-state index in [9.17, 15) is 0 Å². The molecule has 1 aliphatic heterocycles. The van der Waals surface area contributed by atoms with E-state index in [0.29, 0.717) is 6.04 Å². The van der Waals surface area contributed by atoms with Gasteiger partial charge >= 0.3 is 0 Å². The Balaban J connectivity index is 1.46. The third-order valence-electron chi connectivity index (χ3n) is 4.42. The summed E-state index contributed by atoms with van der Waals surface area (Å²) in [5, 5.41) is 10.9. The number of hydrogen-bond acceptors (Lipinski definition) is 3. The molecule has 2 aromatic rings. The number of fused-ring (bicyclic) bond motifs is 2. The number of nitrogens with zero attached hydrogens (tertiary/aromatic N) is 1. The number of rotatable bonds is 3. The van der Waals surface area contributed by atoms with Gasteiger partial charge in [0.2, 0.25) is 0 Å². The average molecular weight is 348 g/mol. The number of aromatic amines is 1. The number of halogens is 1. The highest BCUT2D eigenvalue weighted by Crippen LogP contribution is 2.33. The molecule has 1 aromatic carbocycles. The quantitative estimate of drug-likeness (QED) is 0.897. The van der Waals surface area contributed by atoms with Gasteiger partial charge in [0.25, 0.3) is 0 Å². The van der Waals surface area contributed by atoms with Gasteiger partial charge in [-0.25, -0.2) is 0 Å². The second-order valence-electron chi connectivity index (χ2n) is 5.85. The van der Waals surface area contributed by atoms with Crippen LogP contribution in [-0.2, 0) is 25.8 Å². The minimum absolute atomic E-state index is 0.520. The third-order valence-corrected chi connectivity index (χ3v) is 4.88. The highest BCUT2D eigenvalue weighted by Gasteiger charge is 2.21. The van der Waals surface area contributed by atoms with Crippen LogP contribution in [0.3, 0.4) is 0 Å². The van der Waals surface area contributed by atoms with Crippen molar-refractivity contribution in [2.45, 2.75) is 38.3 Å². The lowest BCUT2D eigenvalue weighted by Gasteiger charge is -2.23. The first-order valence-corrected chi connectivity index (χ1v) is 8.27. The van der Waals surface area contributed by atoms with E-state index in [1.54, 1.807) is 0 Å². The zero-order valence-corrected chi connectivity index (χ0v) is 13.4. The maximum absolute atomic E-state index is 5.79. The molecule has 0 radical (unpaired) electrons. The Morgan fingerprint density at radius 1 is 1.33 bits per heavy atom. The molecule has 1 aromatic heterocycles. The SMILES string of the molecule is Brc1cc2c(c(CNC3CCc4[nH]ncc4C3)c1)OCC2. The van der Waals surface area contributed by atoms with Crippen LogP contribution in [0.4, 0.5) is 0 Å². The molecule has 0 spiro atoms. The Bertz CT molecular complexity index is 668. The van der Waals surface area contributed by atoms with Crippen molar-refractivity contribution in [3.63, 3.8) is 0 Å². The van der Waals surface area contributed by atoms with Gasteiger partial charge in [0.15, 0.2) is 0 Å². The van der Waals surface area contributed by atoms with Crippen LogP contribution in [0, 0.1) is 0 Å². The normalized spacial score (nSPS) is 20.0. The second kappa shape index (κ2) is 5.46. The van der Waals surface area contributed by atoms with E-state index >= 15 is 0 Å². The van der Waals surface area contributed by atoms with Crippen molar-refractivity contribution in [1.82, 2.24) is 15.5 Å². The number of H-pyrrole nitrogens is 1. The number of hydrogen-bond donors (Lipinski definition) is 2. The number of nitrogens with one attached hydrogen (secondary N) is 2. The van der Waals surface area contributed by atoms with E-state index in [4.69, 9.17) is 4.74 Å². The zero-order chi connectivity index (χ0) is 14.2. The van der Waals surface area contributed by atoms with Gasteiger partial charge in [-0.05, 0) is 42.5 Å². The van der Waals surface area contributed by atoms with Crippen LogP contribution in [0.2, 0.25) is 0 Å². The number of ether oxygens (including phenoxy) is 1. The predicted octanol–water partition coefficient (Wildman–Crippen LogP) is 2.75. The molecule has 5 heteroatoms. The number of benzene rings is 1. The fourth-order valence-electron chi connectivity index (χ4n) is 3.32. The number of aryl methyl sites for hydroxylation is 1. The summed E-state index contributed by atoms with van der Waals surface area (Å²) < 4.78 is 6.94. The van der Waals surface area contributed by atoms with Gasteiger partial charge in [-0.2, -0.15) is 5.10 Å². The molecule has 110 valence electrons. The summed E-state index contributed by atoms with van der Waals surface area (Å²) in [4.78, 5) is 0. The van der Waals surface area contributed by atoms with Crippen LogP contribution in [0.5, 0.6) is 5.75 Å². The molecule has 2 N–H and O–H groups in total. The molecular formula is C16H18BrN3O. The number of aromatic nitrogens is 2. The fraction of sp³-hybridized carbons (Fsp3) is 0.438. The lowest BCUT2D eigenvalue weighted by Crippen LogP contribution is -2.34. The Morgan fingerprint density at radius 2 is 2.29 bits per heavy atom. The lowest BCUT2D eigenvalue weighted by atomic mass is 9.93. The van der Waals surface area contributed by atoms with Crippen LogP contribution in [0.1, 0.15) is 28.8 Å². The van der Waals surface area contributed by atoms with Gasteiger partial charge < -0.3 is 10.1 Å². The highest BCUT2D eigenvalue weighted by atomic mass is 79.9. The smallest absolute Gasteiger partial charge is 0.127 e. The molecule has 0 bridgehead atoms.